The monoisotopic (exact) mass is 337 g/mol. The first-order chi connectivity index (χ1) is 6.66. The van der Waals surface area contributed by atoms with E-state index in [0.29, 0.717) is 10.2 Å². The van der Waals surface area contributed by atoms with Crippen molar-refractivity contribution in [1.29, 1.82) is 0 Å². The molecule has 2 rings (SSSR count). The number of hydrogen-bond acceptors (Lipinski definition) is 4. The molecule has 0 fully saturated rings. The van der Waals surface area contributed by atoms with Gasteiger partial charge in [0.25, 0.3) is 0 Å². The summed E-state index contributed by atoms with van der Waals surface area (Å²) in [5, 5.41) is 9.69. The Kier molecular flexibility index (Phi) is 2.89. The maximum Gasteiger partial charge on any atom is 0.203 e. The van der Waals surface area contributed by atoms with Crippen LogP contribution in [-0.2, 0) is 0 Å². The second kappa shape index (κ2) is 4.00. The molecule has 0 amide bonds. The van der Waals surface area contributed by atoms with Crippen LogP contribution in [0.25, 0.3) is 10.6 Å². The lowest BCUT2D eigenvalue weighted by Crippen LogP contribution is -1.82. The van der Waals surface area contributed by atoms with Gasteiger partial charge in [0.2, 0.25) is 5.13 Å². The van der Waals surface area contributed by atoms with E-state index in [9.17, 15) is 0 Å². The van der Waals surface area contributed by atoms with Crippen LogP contribution in [-0.4, -0.2) is 10.2 Å². The molecular formula is C8H5ClIN3S. The number of nitrogens with zero attached hydrogens (tertiary/aromatic N) is 2. The van der Waals surface area contributed by atoms with Crippen LogP contribution in [0.2, 0.25) is 5.02 Å². The predicted molar refractivity (Wildman–Crippen MR) is 67.5 cm³/mol. The zero-order chi connectivity index (χ0) is 10.1. The average molecular weight is 338 g/mol. The van der Waals surface area contributed by atoms with Crippen molar-refractivity contribution in [3.63, 3.8) is 0 Å². The van der Waals surface area contributed by atoms with E-state index < -0.39 is 0 Å². The fourth-order valence-electron chi connectivity index (χ4n) is 1.00. The molecule has 0 radical (unpaired) electrons. The van der Waals surface area contributed by atoms with Crippen LogP contribution in [0.5, 0.6) is 0 Å². The quantitative estimate of drug-likeness (QED) is 0.814. The van der Waals surface area contributed by atoms with Crippen molar-refractivity contribution in [3.8, 4) is 10.6 Å². The lowest BCUT2D eigenvalue weighted by atomic mass is 10.2. The molecule has 0 atom stereocenters. The molecule has 3 nitrogen and oxygen atoms in total. The standard InChI is InChI=1S/C8H5ClIN3S/c9-4-1-2-6(10)5(3-4)7-12-13-8(11)14-7/h1-3H,(H2,11,13). The Morgan fingerprint density at radius 3 is 2.79 bits per heavy atom. The Balaban J connectivity index is 2.55. The van der Waals surface area contributed by atoms with E-state index in [1.807, 2.05) is 18.2 Å². The molecule has 0 aliphatic heterocycles. The third-order valence-corrected chi connectivity index (χ3v) is 3.56. The van der Waals surface area contributed by atoms with E-state index in [1.54, 1.807) is 0 Å². The van der Waals surface area contributed by atoms with Crippen LogP contribution in [0.3, 0.4) is 0 Å². The molecule has 1 aromatic heterocycles. The van der Waals surface area contributed by atoms with E-state index in [-0.39, 0.29) is 0 Å². The number of rotatable bonds is 1. The van der Waals surface area contributed by atoms with Crippen molar-refractivity contribution in [2.24, 2.45) is 0 Å². The number of nitrogens with two attached hydrogens (primary N) is 1. The molecule has 0 saturated heterocycles. The zero-order valence-corrected chi connectivity index (χ0v) is 10.6. The van der Waals surface area contributed by atoms with Gasteiger partial charge in [-0.25, -0.2) is 0 Å². The van der Waals surface area contributed by atoms with E-state index in [1.165, 1.54) is 11.3 Å². The molecule has 0 aliphatic rings. The Labute approximate surface area is 103 Å². The van der Waals surface area contributed by atoms with Gasteiger partial charge in [-0.3, -0.25) is 0 Å². The summed E-state index contributed by atoms with van der Waals surface area (Å²) in [6.07, 6.45) is 0. The van der Waals surface area contributed by atoms with Gasteiger partial charge in [-0.05, 0) is 40.8 Å². The predicted octanol–water partition coefficient (Wildman–Crippen LogP) is 3.05. The number of nitrogen functional groups attached to an aromatic ring is 1. The van der Waals surface area contributed by atoms with Crippen molar-refractivity contribution in [2.45, 2.75) is 0 Å². The molecule has 2 N–H and O–H groups in total. The molecule has 0 spiro atoms. The Morgan fingerprint density at radius 2 is 2.14 bits per heavy atom. The second-order valence-corrected chi connectivity index (χ2v) is 5.18. The van der Waals surface area contributed by atoms with Crippen LogP contribution in [0, 0.1) is 3.57 Å². The average Bonchev–Trinajstić information content (AvgIpc) is 2.56. The Morgan fingerprint density at radius 1 is 1.36 bits per heavy atom. The molecule has 2 aromatic rings. The van der Waals surface area contributed by atoms with Gasteiger partial charge in [0.05, 0.1) is 0 Å². The van der Waals surface area contributed by atoms with Gasteiger partial charge in [0.1, 0.15) is 0 Å². The zero-order valence-electron chi connectivity index (χ0n) is 6.87. The van der Waals surface area contributed by atoms with Gasteiger partial charge in [-0.15, -0.1) is 10.2 Å². The fraction of sp³-hybridized carbons (Fsp3) is 0. The third kappa shape index (κ3) is 1.99. The third-order valence-electron chi connectivity index (χ3n) is 1.60. The van der Waals surface area contributed by atoms with E-state index in [4.69, 9.17) is 17.3 Å². The van der Waals surface area contributed by atoms with E-state index in [2.05, 4.69) is 32.8 Å². The summed E-state index contributed by atoms with van der Waals surface area (Å²) in [4.78, 5) is 0. The molecule has 72 valence electrons. The van der Waals surface area contributed by atoms with Crippen LogP contribution in [0.15, 0.2) is 18.2 Å². The molecule has 0 bridgehead atoms. The summed E-state index contributed by atoms with van der Waals surface area (Å²) in [6, 6.07) is 5.65. The summed E-state index contributed by atoms with van der Waals surface area (Å²) in [5.74, 6) is 0. The number of halogens is 2. The molecule has 0 unspecified atom stereocenters. The summed E-state index contributed by atoms with van der Waals surface area (Å²) in [7, 11) is 0. The molecule has 0 saturated carbocycles. The number of hydrogen-bond donors (Lipinski definition) is 1. The van der Waals surface area contributed by atoms with E-state index >= 15 is 0 Å². The SMILES string of the molecule is Nc1nnc(-c2cc(Cl)ccc2I)s1. The summed E-state index contributed by atoms with van der Waals surface area (Å²) >= 11 is 9.48. The highest BCUT2D eigenvalue weighted by atomic mass is 127. The molecular weight excluding hydrogens is 333 g/mol. The van der Waals surface area contributed by atoms with Gasteiger partial charge in [-0.1, -0.05) is 22.9 Å². The summed E-state index contributed by atoms with van der Waals surface area (Å²) in [6.45, 7) is 0. The first-order valence-electron chi connectivity index (χ1n) is 3.71. The minimum Gasteiger partial charge on any atom is -0.374 e. The first kappa shape index (κ1) is 10.1. The number of aromatic nitrogens is 2. The topological polar surface area (TPSA) is 51.8 Å². The fourth-order valence-corrected chi connectivity index (χ4v) is 2.59. The van der Waals surface area contributed by atoms with Crippen molar-refractivity contribution in [2.75, 3.05) is 5.73 Å². The van der Waals surface area contributed by atoms with Gasteiger partial charge in [-0.2, -0.15) is 0 Å². The Bertz CT molecular complexity index is 471. The minimum absolute atomic E-state index is 0.468. The number of anilines is 1. The summed E-state index contributed by atoms with van der Waals surface area (Å²) < 4.78 is 1.09. The second-order valence-electron chi connectivity index (χ2n) is 2.57. The van der Waals surface area contributed by atoms with Crippen LogP contribution in [0.4, 0.5) is 5.13 Å². The largest absolute Gasteiger partial charge is 0.374 e. The smallest absolute Gasteiger partial charge is 0.203 e. The molecule has 1 aromatic carbocycles. The van der Waals surface area contributed by atoms with Gasteiger partial charge < -0.3 is 5.73 Å². The maximum absolute atomic E-state index is 5.90. The lowest BCUT2D eigenvalue weighted by molar-refractivity contribution is 1.10. The highest BCUT2D eigenvalue weighted by Crippen LogP contribution is 2.30. The van der Waals surface area contributed by atoms with Crippen molar-refractivity contribution < 1.29 is 0 Å². The molecule has 0 aliphatic carbocycles. The van der Waals surface area contributed by atoms with Crippen molar-refractivity contribution in [3.05, 3.63) is 26.8 Å². The minimum atomic E-state index is 0.468. The normalized spacial score (nSPS) is 10.4. The van der Waals surface area contributed by atoms with Crippen LogP contribution >= 0.6 is 45.5 Å². The highest BCUT2D eigenvalue weighted by molar-refractivity contribution is 14.1. The molecule has 1 heterocycles. The highest BCUT2D eigenvalue weighted by Gasteiger charge is 2.08. The summed E-state index contributed by atoms with van der Waals surface area (Å²) in [5.41, 5.74) is 6.49. The molecule has 14 heavy (non-hydrogen) atoms. The van der Waals surface area contributed by atoms with Gasteiger partial charge in [0.15, 0.2) is 5.01 Å². The number of benzene rings is 1. The first-order valence-corrected chi connectivity index (χ1v) is 5.98. The van der Waals surface area contributed by atoms with Gasteiger partial charge >= 0.3 is 0 Å². The maximum atomic E-state index is 5.90. The lowest BCUT2D eigenvalue weighted by Gasteiger charge is -1.99. The van der Waals surface area contributed by atoms with Crippen LogP contribution < -0.4 is 5.73 Å². The van der Waals surface area contributed by atoms with Crippen molar-refractivity contribution in [1.82, 2.24) is 10.2 Å². The van der Waals surface area contributed by atoms with Gasteiger partial charge in [0, 0.05) is 14.2 Å². The van der Waals surface area contributed by atoms with Crippen LogP contribution in [0.1, 0.15) is 0 Å². The molecule has 6 heteroatoms. The van der Waals surface area contributed by atoms with Crippen molar-refractivity contribution >= 4 is 50.7 Å². The van der Waals surface area contributed by atoms with E-state index in [0.717, 1.165) is 14.1 Å². The Hall–Kier alpha value is -0.400.